The van der Waals surface area contributed by atoms with Gasteiger partial charge in [-0.3, -0.25) is 4.57 Å². The lowest BCUT2D eigenvalue weighted by atomic mass is 10.0. The Morgan fingerprint density at radius 3 is 1.66 bits per heavy atom. The van der Waals surface area contributed by atoms with Crippen LogP contribution in [0.5, 0.6) is 0 Å². The van der Waals surface area contributed by atoms with E-state index in [9.17, 15) is 0 Å². The number of aromatic nitrogens is 4. The second-order valence-electron chi connectivity index (χ2n) is 15.8. The van der Waals surface area contributed by atoms with Gasteiger partial charge in [0.25, 0.3) is 0 Å². The van der Waals surface area contributed by atoms with Crippen LogP contribution >= 0.6 is 0 Å². The van der Waals surface area contributed by atoms with Crippen LogP contribution < -0.4 is 20.7 Å². The Bertz CT molecular complexity index is 3480. The van der Waals surface area contributed by atoms with E-state index in [2.05, 4.69) is 228 Å². The van der Waals surface area contributed by atoms with Crippen molar-refractivity contribution in [3.05, 3.63) is 231 Å². The summed E-state index contributed by atoms with van der Waals surface area (Å²) in [6.45, 7) is 0. The van der Waals surface area contributed by atoms with Gasteiger partial charge < -0.3 is 4.57 Å². The van der Waals surface area contributed by atoms with Gasteiger partial charge in [0.05, 0.1) is 27.8 Å². The highest BCUT2D eigenvalue weighted by atomic mass is 28.3. The summed E-state index contributed by atoms with van der Waals surface area (Å²) in [6.07, 6.45) is 1.92. The molecule has 3 aromatic heterocycles. The van der Waals surface area contributed by atoms with Gasteiger partial charge in [-0.2, -0.15) is 0 Å². The molecule has 9 aromatic carbocycles. The minimum absolute atomic E-state index is 0.637. The molecule has 0 aliphatic carbocycles. The highest BCUT2D eigenvalue weighted by Crippen LogP contribution is 2.41. The fourth-order valence-electron chi connectivity index (χ4n) is 9.91. The van der Waals surface area contributed by atoms with Gasteiger partial charge in [0.1, 0.15) is 0 Å². The van der Waals surface area contributed by atoms with E-state index in [0.29, 0.717) is 5.95 Å². The standard InChI is InChI=1S/C56H38N4Si/c1-5-20-41(21-6-1)59-51-31-16-15-30-47(51)48-37-49-54(38-53(48)59)60(52-33-32-39-18-13-14-29-46(39)55(49)52)56-57-35-34-50(58-56)40-19-17-28-45(36-40)61(42-22-7-2-8-23-42,43-24-9-3-10-25-43)44-26-11-4-12-27-44/h1-38H. The zero-order valence-corrected chi connectivity index (χ0v) is 34.2. The molecule has 5 heteroatoms. The van der Waals surface area contributed by atoms with Gasteiger partial charge in [-0.05, 0) is 74.0 Å². The molecular weight excluding hydrogens is 757 g/mol. The number of rotatable bonds is 7. The van der Waals surface area contributed by atoms with Crippen LogP contribution in [0, 0.1) is 0 Å². The molecule has 0 aliphatic heterocycles. The van der Waals surface area contributed by atoms with Gasteiger partial charge in [-0.15, -0.1) is 0 Å². The van der Waals surface area contributed by atoms with Crippen LogP contribution in [0.15, 0.2) is 231 Å². The van der Waals surface area contributed by atoms with Crippen molar-refractivity contribution in [2.75, 3.05) is 0 Å². The molecule has 3 heterocycles. The van der Waals surface area contributed by atoms with Crippen molar-refractivity contribution < 1.29 is 0 Å². The van der Waals surface area contributed by atoms with E-state index in [1.165, 1.54) is 58.6 Å². The molecular formula is C56H38N4Si. The van der Waals surface area contributed by atoms with Crippen LogP contribution in [0.1, 0.15) is 0 Å². The second kappa shape index (κ2) is 14.2. The van der Waals surface area contributed by atoms with Crippen molar-refractivity contribution in [3.63, 3.8) is 0 Å². The summed E-state index contributed by atoms with van der Waals surface area (Å²) < 4.78 is 4.66. The Labute approximate surface area is 354 Å². The topological polar surface area (TPSA) is 35.6 Å². The predicted molar refractivity (Wildman–Crippen MR) is 257 cm³/mol. The summed E-state index contributed by atoms with van der Waals surface area (Å²) in [7, 11) is -2.75. The summed E-state index contributed by atoms with van der Waals surface area (Å²) in [5, 5.41) is 12.5. The SMILES string of the molecule is c1ccc(-n2c3ccccc3c3cc4c5c6ccccc6ccc5n(-c5nccc(-c6cccc([Si](c7ccccc7)(c7ccccc7)c7ccccc7)c6)n5)c4cc32)cc1. The second-order valence-corrected chi connectivity index (χ2v) is 19.6. The van der Waals surface area contributed by atoms with E-state index in [0.717, 1.165) is 33.5 Å². The maximum Gasteiger partial charge on any atom is 0.235 e. The van der Waals surface area contributed by atoms with E-state index in [1.807, 2.05) is 12.3 Å². The van der Waals surface area contributed by atoms with Crippen molar-refractivity contribution in [1.29, 1.82) is 0 Å². The molecule has 0 aliphatic rings. The van der Waals surface area contributed by atoms with Gasteiger partial charge in [-0.1, -0.05) is 182 Å². The number of nitrogens with zero attached hydrogens (tertiary/aromatic N) is 4. The molecule has 0 amide bonds. The minimum Gasteiger partial charge on any atom is -0.309 e. The minimum atomic E-state index is -2.75. The zero-order chi connectivity index (χ0) is 40.3. The van der Waals surface area contributed by atoms with E-state index in [1.54, 1.807) is 0 Å². The van der Waals surface area contributed by atoms with Crippen LogP contribution in [-0.2, 0) is 0 Å². The third kappa shape index (κ3) is 5.45. The largest absolute Gasteiger partial charge is 0.309 e. The van der Waals surface area contributed by atoms with Crippen LogP contribution in [0.3, 0.4) is 0 Å². The number of para-hydroxylation sites is 2. The monoisotopic (exact) mass is 794 g/mol. The molecule has 4 nitrogen and oxygen atoms in total. The molecule has 0 unspecified atom stereocenters. The lowest BCUT2D eigenvalue weighted by Crippen LogP contribution is -2.74. The maximum absolute atomic E-state index is 5.47. The Morgan fingerprint density at radius 2 is 0.951 bits per heavy atom. The van der Waals surface area contributed by atoms with Crippen LogP contribution in [0.4, 0.5) is 0 Å². The first kappa shape index (κ1) is 35.1. The lowest BCUT2D eigenvalue weighted by Gasteiger charge is -2.34. The van der Waals surface area contributed by atoms with Gasteiger partial charge in [0, 0.05) is 39.0 Å². The molecule has 0 saturated carbocycles. The highest BCUT2D eigenvalue weighted by molar-refractivity contribution is 7.19. The van der Waals surface area contributed by atoms with Crippen molar-refractivity contribution >= 4 is 83.2 Å². The first-order valence-corrected chi connectivity index (χ1v) is 22.8. The van der Waals surface area contributed by atoms with Crippen molar-refractivity contribution in [2.24, 2.45) is 0 Å². The molecule has 0 bridgehead atoms. The zero-order valence-electron chi connectivity index (χ0n) is 33.2. The summed E-state index contributed by atoms with van der Waals surface area (Å²) >= 11 is 0. The molecule has 0 spiro atoms. The molecule has 0 N–H and O–H groups in total. The Morgan fingerprint density at radius 1 is 0.361 bits per heavy atom. The Balaban J connectivity index is 1.11. The van der Waals surface area contributed by atoms with Gasteiger partial charge in [0.15, 0.2) is 8.07 Å². The molecule has 0 fully saturated rings. The molecule has 12 aromatic rings. The van der Waals surface area contributed by atoms with E-state index in [-0.39, 0.29) is 0 Å². The molecule has 12 rings (SSSR count). The van der Waals surface area contributed by atoms with Gasteiger partial charge in [0.2, 0.25) is 5.95 Å². The predicted octanol–water partition coefficient (Wildman–Crippen LogP) is 10.9. The third-order valence-corrected chi connectivity index (χ3v) is 17.3. The van der Waals surface area contributed by atoms with E-state index < -0.39 is 8.07 Å². The first-order chi connectivity index (χ1) is 30.3. The van der Waals surface area contributed by atoms with E-state index >= 15 is 0 Å². The summed E-state index contributed by atoms with van der Waals surface area (Å²) in [5.41, 5.74) is 7.51. The summed E-state index contributed by atoms with van der Waals surface area (Å²) in [6, 6.07) is 81.7. The fraction of sp³-hybridized carbons (Fsp3) is 0. The third-order valence-electron chi connectivity index (χ3n) is 12.5. The number of fused-ring (bicyclic) bond motifs is 8. The van der Waals surface area contributed by atoms with Gasteiger partial charge in [-0.25, -0.2) is 9.97 Å². The Hall–Kier alpha value is -7.86. The number of benzene rings is 9. The van der Waals surface area contributed by atoms with E-state index in [4.69, 9.17) is 9.97 Å². The molecule has 61 heavy (non-hydrogen) atoms. The van der Waals surface area contributed by atoms with Crippen LogP contribution in [0.25, 0.3) is 77.3 Å². The quantitative estimate of drug-likeness (QED) is 0.119. The number of hydrogen-bond acceptors (Lipinski definition) is 2. The average molecular weight is 795 g/mol. The molecule has 0 saturated heterocycles. The smallest absolute Gasteiger partial charge is 0.235 e. The lowest BCUT2D eigenvalue weighted by molar-refractivity contribution is 0.992. The normalized spacial score (nSPS) is 11.9. The molecule has 0 radical (unpaired) electrons. The maximum atomic E-state index is 5.47. The fourth-order valence-corrected chi connectivity index (χ4v) is 14.7. The van der Waals surface area contributed by atoms with Gasteiger partial charge >= 0.3 is 0 Å². The van der Waals surface area contributed by atoms with Crippen LogP contribution in [-0.4, -0.2) is 27.2 Å². The van der Waals surface area contributed by atoms with Crippen molar-refractivity contribution in [2.45, 2.75) is 0 Å². The summed E-state index contributed by atoms with van der Waals surface area (Å²) in [5.74, 6) is 0.637. The average Bonchev–Trinajstić information content (AvgIpc) is 3.84. The highest BCUT2D eigenvalue weighted by Gasteiger charge is 2.41. The summed E-state index contributed by atoms with van der Waals surface area (Å²) in [4.78, 5) is 10.5. The molecule has 0 atom stereocenters. The Kier molecular flexibility index (Phi) is 8.15. The van der Waals surface area contributed by atoms with Crippen LogP contribution in [0.2, 0.25) is 0 Å². The van der Waals surface area contributed by atoms with Crippen molar-refractivity contribution in [3.8, 4) is 22.9 Å². The van der Waals surface area contributed by atoms with Crippen molar-refractivity contribution in [1.82, 2.24) is 19.1 Å². The first-order valence-electron chi connectivity index (χ1n) is 20.8. The molecule has 286 valence electrons. The number of hydrogen-bond donors (Lipinski definition) is 0.